The fourth-order valence-corrected chi connectivity index (χ4v) is 3.81. The molecule has 0 atom stereocenters. The number of fused-ring (bicyclic) bond motifs is 1. The molecule has 0 saturated carbocycles. The molecule has 1 aliphatic carbocycles. The van der Waals surface area contributed by atoms with Gasteiger partial charge in [0, 0.05) is 39.6 Å². The molecule has 3 aliphatic rings. The monoisotopic (exact) mass is 445 g/mol. The molecule has 0 unspecified atom stereocenters. The Morgan fingerprint density at radius 2 is 2.09 bits per heavy atom. The number of nitroso groups, excluding NO2 is 1. The van der Waals surface area contributed by atoms with Gasteiger partial charge in [0.15, 0.2) is 0 Å². The van der Waals surface area contributed by atoms with E-state index in [1.54, 1.807) is 12.3 Å². The number of nitrogens with one attached hydrogen (secondary N) is 2. The van der Waals surface area contributed by atoms with Gasteiger partial charge in [-0.05, 0) is 56.5 Å². The molecule has 0 saturated heterocycles. The Kier molecular flexibility index (Phi) is 5.96. The number of hydrogen-bond donors (Lipinski definition) is 3. The van der Waals surface area contributed by atoms with Gasteiger partial charge in [-0.25, -0.2) is 4.99 Å². The van der Waals surface area contributed by atoms with Gasteiger partial charge in [-0.15, -0.1) is 0 Å². The van der Waals surface area contributed by atoms with Crippen LogP contribution in [0.15, 0.2) is 63.7 Å². The summed E-state index contributed by atoms with van der Waals surface area (Å²) in [6.45, 7) is 2.47. The van der Waals surface area contributed by atoms with E-state index >= 15 is 0 Å². The van der Waals surface area contributed by atoms with Crippen molar-refractivity contribution in [2.24, 2.45) is 10.7 Å². The predicted octanol–water partition coefficient (Wildman–Crippen LogP) is 3.75. The van der Waals surface area contributed by atoms with Gasteiger partial charge < -0.3 is 16.4 Å². The van der Waals surface area contributed by atoms with Gasteiger partial charge in [0.05, 0.1) is 22.7 Å². The number of pyridine rings is 1. The topological polar surface area (TPSA) is 95.4 Å². The molecule has 32 heavy (non-hydrogen) atoms. The van der Waals surface area contributed by atoms with Crippen LogP contribution in [0.4, 0.5) is 18.9 Å². The van der Waals surface area contributed by atoms with Gasteiger partial charge in [0.2, 0.25) is 18.2 Å². The fraction of sp³-hybridized carbons (Fsp3) is 0.364. The lowest BCUT2D eigenvalue weighted by molar-refractivity contribution is -0.493. The van der Waals surface area contributed by atoms with Crippen LogP contribution in [0.3, 0.4) is 0 Å². The molecule has 7 nitrogen and oxygen atoms in total. The van der Waals surface area contributed by atoms with Gasteiger partial charge in [-0.3, -0.25) is 4.98 Å². The normalized spacial score (nSPS) is 18.5. The van der Waals surface area contributed by atoms with Crippen LogP contribution in [0.2, 0.25) is 0 Å². The molecule has 0 fully saturated rings. The maximum Gasteiger partial charge on any atom is 0.412 e. The molecule has 1 aromatic rings. The summed E-state index contributed by atoms with van der Waals surface area (Å²) in [5.41, 5.74) is 9.29. The van der Waals surface area contributed by atoms with Crippen LogP contribution in [0.5, 0.6) is 0 Å². The van der Waals surface area contributed by atoms with Crippen LogP contribution in [0.1, 0.15) is 30.5 Å². The van der Waals surface area contributed by atoms with E-state index in [1.807, 2.05) is 19.2 Å². The summed E-state index contributed by atoms with van der Waals surface area (Å²) in [5.74, 6) is 0.401. The van der Waals surface area contributed by atoms with Crippen LogP contribution in [0, 0.1) is 11.8 Å². The summed E-state index contributed by atoms with van der Waals surface area (Å²) >= 11 is 0. The molecule has 168 valence electrons. The number of halogens is 3. The van der Waals surface area contributed by atoms with Gasteiger partial charge in [0.1, 0.15) is 0 Å². The number of aromatic nitrogens is 1. The summed E-state index contributed by atoms with van der Waals surface area (Å²) in [6.07, 6.45) is 3.10. The van der Waals surface area contributed by atoms with Crippen molar-refractivity contribution < 1.29 is 17.9 Å². The number of alkyl halides is 3. The van der Waals surface area contributed by atoms with E-state index < -0.39 is 11.7 Å². The third-order valence-corrected chi connectivity index (χ3v) is 5.59. The van der Waals surface area contributed by atoms with Gasteiger partial charge >= 0.3 is 6.18 Å². The molecule has 3 heterocycles. The Morgan fingerprint density at radius 1 is 1.28 bits per heavy atom. The Bertz CT molecular complexity index is 1110. The fourth-order valence-electron chi connectivity index (χ4n) is 3.81. The number of aryl methyl sites for hydroxylation is 2. The highest BCUT2D eigenvalue weighted by Crippen LogP contribution is 2.37. The predicted molar refractivity (Wildman–Crippen MR) is 116 cm³/mol. The minimum atomic E-state index is -4.41. The molecule has 4 N–H and O–H groups in total. The van der Waals surface area contributed by atoms with E-state index in [9.17, 15) is 18.1 Å². The molecule has 4 rings (SSSR count). The number of allylic oxidation sites excluding steroid dienone is 5. The highest BCUT2D eigenvalue weighted by Gasteiger charge is 2.39. The lowest BCUT2D eigenvalue weighted by Gasteiger charge is -2.19. The Labute approximate surface area is 183 Å². The number of nitrogens with two attached hydrogens (primary N) is 1. The van der Waals surface area contributed by atoms with Gasteiger partial charge in [-0.1, -0.05) is 0 Å². The van der Waals surface area contributed by atoms with E-state index in [4.69, 9.17) is 5.73 Å². The molecular formula is C22H24F3N6O+. The first kappa shape index (κ1) is 21.9. The highest BCUT2D eigenvalue weighted by molar-refractivity contribution is 5.97. The third-order valence-electron chi connectivity index (χ3n) is 5.59. The first-order valence-electron chi connectivity index (χ1n) is 10.4. The number of rotatable bonds is 4. The van der Waals surface area contributed by atoms with Gasteiger partial charge in [-0.2, -0.15) is 13.2 Å². The van der Waals surface area contributed by atoms with E-state index in [-0.39, 0.29) is 25.0 Å². The second-order valence-electron chi connectivity index (χ2n) is 7.91. The van der Waals surface area contributed by atoms with E-state index in [0.717, 1.165) is 40.6 Å². The molecule has 2 aliphatic heterocycles. The van der Waals surface area contributed by atoms with Crippen molar-refractivity contribution in [3.63, 3.8) is 0 Å². The maximum atomic E-state index is 13.2. The van der Waals surface area contributed by atoms with Crippen molar-refractivity contribution >= 4 is 11.6 Å². The molecule has 0 amide bonds. The maximum absolute atomic E-state index is 13.2. The van der Waals surface area contributed by atoms with Crippen molar-refractivity contribution in [2.75, 3.05) is 18.4 Å². The van der Waals surface area contributed by atoms with Gasteiger partial charge in [0.25, 0.3) is 0 Å². The Morgan fingerprint density at radius 3 is 2.84 bits per heavy atom. The lowest BCUT2D eigenvalue weighted by atomic mass is 9.95. The van der Waals surface area contributed by atoms with Crippen LogP contribution >= 0.6 is 0 Å². The van der Waals surface area contributed by atoms with Crippen molar-refractivity contribution in [1.29, 1.82) is 0 Å². The SMILES string of the molecule is Cc1ncc(CCCN)cc1NC1=NC=C2C[N+](=O)C3=C(C=C2N1)C=C(C(F)(F)F)CC3. The first-order chi connectivity index (χ1) is 15.2. The lowest BCUT2D eigenvalue weighted by Crippen LogP contribution is -2.34. The summed E-state index contributed by atoms with van der Waals surface area (Å²) in [4.78, 5) is 21.3. The smallest absolute Gasteiger partial charge is 0.330 e. The highest BCUT2D eigenvalue weighted by atomic mass is 19.4. The molecule has 1 aromatic heterocycles. The van der Waals surface area contributed by atoms with Crippen molar-refractivity contribution in [3.05, 3.63) is 74.9 Å². The number of aliphatic imine (C=N–C) groups is 1. The largest absolute Gasteiger partial charge is 0.412 e. The van der Waals surface area contributed by atoms with Crippen molar-refractivity contribution in [2.45, 2.75) is 38.8 Å². The second-order valence-corrected chi connectivity index (χ2v) is 7.91. The molecule has 10 heteroatoms. The number of guanidine groups is 1. The van der Waals surface area contributed by atoms with E-state index in [0.29, 0.717) is 29.5 Å². The zero-order chi connectivity index (χ0) is 22.9. The van der Waals surface area contributed by atoms with Crippen LogP contribution in [-0.2, 0) is 6.42 Å². The quantitative estimate of drug-likeness (QED) is 0.614. The molecule has 0 radical (unpaired) electrons. The number of nitrogens with zero attached hydrogens (tertiary/aromatic N) is 3. The number of anilines is 1. The standard InChI is InChI=1S/C22H24F3N6O/c1-13-18(7-14(10-27-13)3-2-6-26)29-21-28-11-16-12-31(32)20-5-4-17(22(23,24)25)8-15(20)9-19(16)30-21/h7-11H,2-6,12,26H2,1H3,(H2,28,29,30)/q+1. The van der Waals surface area contributed by atoms with E-state index in [1.165, 1.54) is 0 Å². The minimum Gasteiger partial charge on any atom is -0.330 e. The average molecular weight is 445 g/mol. The summed E-state index contributed by atoms with van der Waals surface area (Å²) in [7, 11) is 0. The van der Waals surface area contributed by atoms with Crippen LogP contribution in [-0.4, -0.2) is 35.0 Å². The average Bonchev–Trinajstić information content (AvgIpc) is 2.88. The van der Waals surface area contributed by atoms with Crippen molar-refractivity contribution in [3.8, 4) is 0 Å². The zero-order valence-corrected chi connectivity index (χ0v) is 17.6. The third kappa shape index (κ3) is 4.64. The Hall–Kier alpha value is -3.27. The zero-order valence-electron chi connectivity index (χ0n) is 17.6. The molecular weight excluding hydrogens is 421 g/mol. The molecule has 0 bridgehead atoms. The second kappa shape index (κ2) is 8.70. The first-order valence-corrected chi connectivity index (χ1v) is 10.4. The summed E-state index contributed by atoms with van der Waals surface area (Å²) in [6, 6.07) is 1.97. The molecule has 0 spiro atoms. The molecule has 0 aromatic carbocycles. The Balaban J connectivity index is 1.60. The summed E-state index contributed by atoms with van der Waals surface area (Å²) < 4.78 is 40.4. The minimum absolute atomic E-state index is 0.0127. The van der Waals surface area contributed by atoms with Crippen LogP contribution in [0.25, 0.3) is 0 Å². The van der Waals surface area contributed by atoms with E-state index in [2.05, 4.69) is 20.6 Å². The number of hydrogen-bond acceptors (Lipinski definition) is 6. The van der Waals surface area contributed by atoms with Crippen LogP contribution < -0.4 is 16.4 Å². The summed E-state index contributed by atoms with van der Waals surface area (Å²) in [5, 5.41) is 6.31. The van der Waals surface area contributed by atoms with Crippen molar-refractivity contribution in [1.82, 2.24) is 10.3 Å².